The molecule has 1 heterocycles. The minimum absolute atomic E-state index is 0.00771. The Kier molecular flexibility index (Phi) is 5.59. The topological polar surface area (TPSA) is 42.0 Å². The van der Waals surface area contributed by atoms with Crippen LogP contribution in [0.3, 0.4) is 0 Å². The van der Waals surface area contributed by atoms with Crippen LogP contribution in [0.5, 0.6) is 0 Å². The molecule has 3 rings (SSSR count). The van der Waals surface area contributed by atoms with Crippen molar-refractivity contribution >= 4 is 16.8 Å². The van der Waals surface area contributed by atoms with Gasteiger partial charge in [0, 0.05) is 11.6 Å². The van der Waals surface area contributed by atoms with Crippen LogP contribution >= 0.6 is 0 Å². The Bertz CT molecular complexity index is 1030. The second-order valence-corrected chi connectivity index (χ2v) is 7.40. The van der Waals surface area contributed by atoms with Gasteiger partial charge in [-0.2, -0.15) is 13.2 Å². The maximum atomic E-state index is 13.9. The lowest BCUT2D eigenvalue weighted by molar-refractivity contribution is -0.147. The maximum absolute atomic E-state index is 13.9. The standard InChI is InChI=1S/C22H20F4N2O/c1-14-16-9-6-10-18(23)19(16)27-12-17(14)20(29)28-21(2,13-22(24,25)26)11-15-7-4-3-5-8-15/h3-10,12H,11,13H2,1-2H3,(H,28,29)/t21-/m1/s1. The summed E-state index contributed by atoms with van der Waals surface area (Å²) in [6, 6.07) is 13.0. The number of hydrogen-bond acceptors (Lipinski definition) is 2. The quantitative estimate of drug-likeness (QED) is 0.581. The molecule has 0 aliphatic heterocycles. The van der Waals surface area contributed by atoms with Crippen molar-refractivity contribution in [1.82, 2.24) is 10.3 Å². The number of halogens is 4. The van der Waals surface area contributed by atoms with Gasteiger partial charge >= 0.3 is 6.18 Å². The number of pyridine rings is 1. The van der Waals surface area contributed by atoms with Gasteiger partial charge in [-0.15, -0.1) is 0 Å². The second-order valence-electron chi connectivity index (χ2n) is 7.40. The van der Waals surface area contributed by atoms with Crippen molar-refractivity contribution < 1.29 is 22.4 Å². The summed E-state index contributed by atoms with van der Waals surface area (Å²) in [5.41, 5.74) is -0.190. The lowest BCUT2D eigenvalue weighted by Gasteiger charge is -2.32. The summed E-state index contributed by atoms with van der Waals surface area (Å²) in [5.74, 6) is -1.20. The lowest BCUT2D eigenvalue weighted by Crippen LogP contribution is -2.50. The second kappa shape index (κ2) is 7.81. The molecule has 0 radical (unpaired) electrons. The Morgan fingerprint density at radius 1 is 1.07 bits per heavy atom. The van der Waals surface area contributed by atoms with E-state index in [0.29, 0.717) is 16.5 Å². The maximum Gasteiger partial charge on any atom is 0.391 e. The van der Waals surface area contributed by atoms with E-state index in [9.17, 15) is 22.4 Å². The van der Waals surface area contributed by atoms with Crippen LogP contribution in [0, 0.1) is 12.7 Å². The molecule has 1 atom stereocenters. The van der Waals surface area contributed by atoms with Crippen molar-refractivity contribution in [2.24, 2.45) is 0 Å². The number of nitrogens with zero attached hydrogens (tertiary/aromatic N) is 1. The van der Waals surface area contributed by atoms with Gasteiger partial charge in [-0.1, -0.05) is 42.5 Å². The fourth-order valence-electron chi connectivity index (χ4n) is 3.53. The summed E-state index contributed by atoms with van der Waals surface area (Å²) in [5, 5.41) is 2.98. The fourth-order valence-corrected chi connectivity index (χ4v) is 3.53. The van der Waals surface area contributed by atoms with Gasteiger partial charge in [0.15, 0.2) is 0 Å². The van der Waals surface area contributed by atoms with Crippen LogP contribution in [0.25, 0.3) is 10.9 Å². The minimum Gasteiger partial charge on any atom is -0.346 e. The molecular formula is C22H20F4N2O. The molecule has 29 heavy (non-hydrogen) atoms. The van der Waals surface area contributed by atoms with Crippen LogP contribution in [0.15, 0.2) is 54.7 Å². The van der Waals surface area contributed by atoms with Gasteiger partial charge < -0.3 is 5.32 Å². The average Bonchev–Trinajstić information content (AvgIpc) is 2.61. The number of rotatable bonds is 5. The number of carbonyl (C=O) groups is 1. The number of aryl methyl sites for hydroxylation is 1. The zero-order chi connectivity index (χ0) is 21.2. The first-order valence-electron chi connectivity index (χ1n) is 9.05. The van der Waals surface area contributed by atoms with E-state index in [1.165, 1.54) is 25.3 Å². The minimum atomic E-state index is -4.46. The molecule has 1 amide bonds. The number of alkyl halides is 3. The highest BCUT2D eigenvalue weighted by atomic mass is 19.4. The van der Waals surface area contributed by atoms with E-state index >= 15 is 0 Å². The molecule has 3 aromatic rings. The average molecular weight is 404 g/mol. The monoisotopic (exact) mass is 404 g/mol. The Labute approximate surface area is 165 Å². The van der Waals surface area contributed by atoms with Gasteiger partial charge in [0.1, 0.15) is 11.3 Å². The van der Waals surface area contributed by atoms with Crippen molar-refractivity contribution in [3.05, 3.63) is 77.2 Å². The van der Waals surface area contributed by atoms with Crippen LogP contribution in [0.4, 0.5) is 17.6 Å². The predicted octanol–water partition coefficient (Wildman–Crippen LogP) is 5.37. The van der Waals surface area contributed by atoms with Crippen LogP contribution < -0.4 is 5.32 Å². The van der Waals surface area contributed by atoms with Crippen LogP contribution in [0.2, 0.25) is 0 Å². The van der Waals surface area contributed by atoms with Gasteiger partial charge in [0.2, 0.25) is 0 Å². The molecular weight excluding hydrogens is 384 g/mol. The van der Waals surface area contributed by atoms with E-state index in [4.69, 9.17) is 0 Å². The third kappa shape index (κ3) is 4.91. The fraction of sp³-hybridized carbons (Fsp3) is 0.273. The first kappa shape index (κ1) is 20.8. The van der Waals surface area contributed by atoms with E-state index in [2.05, 4.69) is 10.3 Å². The van der Waals surface area contributed by atoms with Gasteiger partial charge in [-0.3, -0.25) is 9.78 Å². The van der Waals surface area contributed by atoms with Crippen molar-refractivity contribution in [3.8, 4) is 0 Å². The summed E-state index contributed by atoms with van der Waals surface area (Å²) in [6.45, 7) is 2.99. The van der Waals surface area contributed by atoms with Crippen LogP contribution in [0.1, 0.15) is 34.8 Å². The molecule has 0 aliphatic carbocycles. The molecule has 1 aromatic heterocycles. The molecule has 0 spiro atoms. The molecule has 0 aliphatic rings. The summed E-state index contributed by atoms with van der Waals surface area (Å²) in [7, 11) is 0. The number of hydrogen-bond donors (Lipinski definition) is 1. The summed E-state index contributed by atoms with van der Waals surface area (Å²) in [6.07, 6.45) is -4.44. The number of fused-ring (bicyclic) bond motifs is 1. The zero-order valence-corrected chi connectivity index (χ0v) is 16.0. The van der Waals surface area contributed by atoms with Gasteiger partial charge in [-0.25, -0.2) is 4.39 Å². The Morgan fingerprint density at radius 3 is 2.41 bits per heavy atom. The van der Waals surface area contributed by atoms with E-state index < -0.39 is 29.9 Å². The smallest absolute Gasteiger partial charge is 0.346 e. The third-order valence-corrected chi connectivity index (χ3v) is 4.81. The number of nitrogens with one attached hydrogen (secondary N) is 1. The molecule has 0 bridgehead atoms. The lowest BCUT2D eigenvalue weighted by atomic mass is 9.88. The third-order valence-electron chi connectivity index (χ3n) is 4.81. The molecule has 1 N–H and O–H groups in total. The number of carbonyl (C=O) groups excluding carboxylic acids is 1. The summed E-state index contributed by atoms with van der Waals surface area (Å²) in [4.78, 5) is 16.9. The van der Waals surface area contributed by atoms with E-state index in [1.54, 1.807) is 43.3 Å². The molecule has 0 unspecified atom stereocenters. The molecule has 0 fully saturated rings. The Hall–Kier alpha value is -2.96. The Morgan fingerprint density at radius 2 is 1.76 bits per heavy atom. The SMILES string of the molecule is Cc1c(C(=O)N[C@](C)(Cc2ccccc2)CC(F)(F)F)cnc2c(F)cccc12. The van der Waals surface area contributed by atoms with Crippen molar-refractivity contribution in [1.29, 1.82) is 0 Å². The molecule has 2 aromatic carbocycles. The normalized spacial score (nSPS) is 13.9. The number of benzene rings is 2. The summed E-state index contributed by atoms with van der Waals surface area (Å²) >= 11 is 0. The van der Waals surface area contributed by atoms with Crippen molar-refractivity contribution in [3.63, 3.8) is 0 Å². The molecule has 0 saturated heterocycles. The number of aromatic nitrogens is 1. The number of para-hydroxylation sites is 1. The zero-order valence-electron chi connectivity index (χ0n) is 16.0. The van der Waals surface area contributed by atoms with Crippen LogP contribution in [-0.2, 0) is 6.42 Å². The van der Waals surface area contributed by atoms with Crippen molar-refractivity contribution in [2.45, 2.75) is 38.4 Å². The van der Waals surface area contributed by atoms with Gasteiger partial charge in [0.05, 0.1) is 17.5 Å². The number of amides is 1. The summed E-state index contributed by atoms with van der Waals surface area (Å²) < 4.78 is 53.6. The largest absolute Gasteiger partial charge is 0.391 e. The first-order valence-corrected chi connectivity index (χ1v) is 9.05. The highest BCUT2D eigenvalue weighted by molar-refractivity contribution is 6.00. The van der Waals surface area contributed by atoms with Gasteiger partial charge in [-0.05, 0) is 37.5 Å². The van der Waals surface area contributed by atoms with Gasteiger partial charge in [0.25, 0.3) is 5.91 Å². The van der Waals surface area contributed by atoms with E-state index in [0.717, 1.165) is 0 Å². The Balaban J connectivity index is 1.94. The molecule has 3 nitrogen and oxygen atoms in total. The first-order chi connectivity index (χ1) is 13.6. The van der Waals surface area contributed by atoms with E-state index in [1.807, 2.05) is 0 Å². The highest BCUT2D eigenvalue weighted by Crippen LogP contribution is 2.31. The highest BCUT2D eigenvalue weighted by Gasteiger charge is 2.40. The van der Waals surface area contributed by atoms with Crippen molar-refractivity contribution in [2.75, 3.05) is 0 Å². The molecule has 0 saturated carbocycles. The van der Waals surface area contributed by atoms with Crippen LogP contribution in [-0.4, -0.2) is 22.6 Å². The molecule has 7 heteroatoms. The predicted molar refractivity (Wildman–Crippen MR) is 103 cm³/mol. The van der Waals surface area contributed by atoms with E-state index in [-0.39, 0.29) is 17.5 Å². The molecule has 152 valence electrons.